The molecule has 2 aromatic carbocycles. The van der Waals surface area contributed by atoms with Crippen molar-refractivity contribution in [3.8, 4) is 0 Å². The Hall–Kier alpha value is -1.38. The molecule has 2 N–H and O–H groups in total. The minimum Gasteiger partial charge on any atom is -0.320 e. The van der Waals surface area contributed by atoms with E-state index in [1.54, 1.807) is 12.1 Å². The van der Waals surface area contributed by atoms with Crippen LogP contribution in [0.3, 0.4) is 0 Å². The molecule has 1 unspecified atom stereocenters. The van der Waals surface area contributed by atoms with Crippen LogP contribution in [0.1, 0.15) is 22.7 Å². The molecule has 0 aliphatic heterocycles. The number of nitrogens with two attached hydrogens (primary N) is 1. The van der Waals surface area contributed by atoms with Crippen molar-refractivity contribution in [2.75, 3.05) is 0 Å². The van der Waals surface area contributed by atoms with Crippen LogP contribution in [0.2, 0.25) is 5.02 Å². The lowest BCUT2D eigenvalue weighted by molar-refractivity contribution is 0.626. The molecule has 17 heavy (non-hydrogen) atoms. The Bertz CT molecular complexity index is 522. The van der Waals surface area contributed by atoms with Crippen LogP contribution >= 0.6 is 11.6 Å². The molecule has 2 aromatic rings. The summed E-state index contributed by atoms with van der Waals surface area (Å²) in [5, 5.41) is 0.641. The third-order valence-electron chi connectivity index (χ3n) is 2.72. The SMILES string of the molecule is Cc1ccc(C(N)c2ccc(F)cc2)c(Cl)c1. The predicted octanol–water partition coefficient (Wildman–Crippen LogP) is 3.84. The summed E-state index contributed by atoms with van der Waals surface area (Å²) >= 11 is 6.15. The molecule has 0 heterocycles. The molecule has 0 bridgehead atoms. The van der Waals surface area contributed by atoms with Gasteiger partial charge in [-0.15, -0.1) is 0 Å². The first-order valence-electron chi connectivity index (χ1n) is 5.35. The van der Waals surface area contributed by atoms with E-state index in [4.69, 9.17) is 17.3 Å². The van der Waals surface area contributed by atoms with E-state index in [0.29, 0.717) is 5.02 Å². The van der Waals surface area contributed by atoms with E-state index in [1.807, 2.05) is 25.1 Å². The Morgan fingerprint density at radius 1 is 1.12 bits per heavy atom. The number of aryl methyl sites for hydroxylation is 1. The topological polar surface area (TPSA) is 26.0 Å². The van der Waals surface area contributed by atoms with Gasteiger partial charge in [-0.05, 0) is 41.8 Å². The minimum absolute atomic E-state index is 0.268. The van der Waals surface area contributed by atoms with Gasteiger partial charge in [0.1, 0.15) is 5.82 Å². The summed E-state index contributed by atoms with van der Waals surface area (Å²) in [6.45, 7) is 1.97. The highest BCUT2D eigenvalue weighted by atomic mass is 35.5. The highest BCUT2D eigenvalue weighted by Crippen LogP contribution is 2.27. The fourth-order valence-corrected chi connectivity index (χ4v) is 2.09. The van der Waals surface area contributed by atoms with Crippen LogP contribution in [0.5, 0.6) is 0 Å². The van der Waals surface area contributed by atoms with E-state index >= 15 is 0 Å². The van der Waals surface area contributed by atoms with Crippen LogP contribution in [0.4, 0.5) is 4.39 Å². The van der Waals surface area contributed by atoms with E-state index in [1.165, 1.54) is 12.1 Å². The molecule has 0 aromatic heterocycles. The summed E-state index contributed by atoms with van der Waals surface area (Å²) in [6, 6.07) is 11.6. The molecule has 0 radical (unpaired) electrons. The summed E-state index contributed by atoms with van der Waals surface area (Å²) in [5.74, 6) is -0.268. The van der Waals surface area contributed by atoms with E-state index in [2.05, 4.69) is 0 Å². The average Bonchev–Trinajstić information content (AvgIpc) is 2.29. The molecule has 0 amide bonds. The summed E-state index contributed by atoms with van der Waals surface area (Å²) in [6.07, 6.45) is 0. The van der Waals surface area contributed by atoms with Crippen LogP contribution in [0.25, 0.3) is 0 Å². The smallest absolute Gasteiger partial charge is 0.123 e. The first-order valence-corrected chi connectivity index (χ1v) is 5.73. The molecule has 0 saturated carbocycles. The molecule has 0 spiro atoms. The summed E-state index contributed by atoms with van der Waals surface area (Å²) in [7, 11) is 0. The van der Waals surface area contributed by atoms with Gasteiger partial charge < -0.3 is 5.73 Å². The molecule has 88 valence electrons. The lowest BCUT2D eigenvalue weighted by Crippen LogP contribution is -2.12. The normalized spacial score (nSPS) is 12.5. The molecule has 0 aliphatic rings. The van der Waals surface area contributed by atoms with Gasteiger partial charge in [-0.1, -0.05) is 35.9 Å². The maximum Gasteiger partial charge on any atom is 0.123 e. The van der Waals surface area contributed by atoms with Gasteiger partial charge in [0.15, 0.2) is 0 Å². The van der Waals surface area contributed by atoms with Gasteiger partial charge in [0, 0.05) is 5.02 Å². The highest BCUT2D eigenvalue weighted by molar-refractivity contribution is 6.31. The summed E-state index contributed by atoms with van der Waals surface area (Å²) in [4.78, 5) is 0. The standard InChI is InChI=1S/C14H13ClFN/c1-9-2-7-12(13(15)8-9)14(17)10-3-5-11(16)6-4-10/h2-8,14H,17H2,1H3. The molecule has 1 atom stereocenters. The zero-order chi connectivity index (χ0) is 12.4. The van der Waals surface area contributed by atoms with Crippen LogP contribution in [-0.2, 0) is 0 Å². The Morgan fingerprint density at radius 3 is 2.35 bits per heavy atom. The number of hydrogen-bond acceptors (Lipinski definition) is 1. The maximum absolute atomic E-state index is 12.8. The molecule has 2 rings (SSSR count). The van der Waals surface area contributed by atoms with Crippen molar-refractivity contribution in [1.82, 2.24) is 0 Å². The molecule has 0 saturated heterocycles. The number of benzene rings is 2. The molecule has 3 heteroatoms. The molecule has 1 nitrogen and oxygen atoms in total. The van der Waals surface area contributed by atoms with Crippen molar-refractivity contribution >= 4 is 11.6 Å². The van der Waals surface area contributed by atoms with Crippen molar-refractivity contribution in [2.24, 2.45) is 5.73 Å². The summed E-state index contributed by atoms with van der Waals surface area (Å²) < 4.78 is 12.8. The highest BCUT2D eigenvalue weighted by Gasteiger charge is 2.12. The Labute approximate surface area is 105 Å². The first kappa shape index (κ1) is 12.1. The second-order valence-corrected chi connectivity index (χ2v) is 4.46. The molecular formula is C14H13ClFN. The minimum atomic E-state index is -0.330. The first-order chi connectivity index (χ1) is 8.08. The fourth-order valence-electron chi connectivity index (χ4n) is 1.73. The molecular weight excluding hydrogens is 237 g/mol. The monoisotopic (exact) mass is 249 g/mol. The van der Waals surface area contributed by atoms with Crippen molar-refractivity contribution in [1.29, 1.82) is 0 Å². The lowest BCUT2D eigenvalue weighted by Gasteiger charge is -2.14. The fraction of sp³-hybridized carbons (Fsp3) is 0.143. The maximum atomic E-state index is 12.8. The van der Waals surface area contributed by atoms with Crippen molar-refractivity contribution in [3.05, 3.63) is 70.0 Å². The van der Waals surface area contributed by atoms with E-state index in [9.17, 15) is 4.39 Å². The quantitative estimate of drug-likeness (QED) is 0.860. The third-order valence-corrected chi connectivity index (χ3v) is 3.05. The lowest BCUT2D eigenvalue weighted by atomic mass is 9.98. The second kappa shape index (κ2) is 4.86. The van der Waals surface area contributed by atoms with Gasteiger partial charge in [0.05, 0.1) is 6.04 Å². The van der Waals surface area contributed by atoms with Gasteiger partial charge in [-0.2, -0.15) is 0 Å². The average molecular weight is 250 g/mol. The van der Waals surface area contributed by atoms with Gasteiger partial charge in [0.2, 0.25) is 0 Å². The van der Waals surface area contributed by atoms with Crippen molar-refractivity contribution in [2.45, 2.75) is 13.0 Å². The second-order valence-electron chi connectivity index (χ2n) is 4.05. The summed E-state index contributed by atoms with van der Waals surface area (Å²) in [5.41, 5.74) is 8.89. The van der Waals surface area contributed by atoms with Crippen LogP contribution in [0, 0.1) is 12.7 Å². The molecule has 0 fully saturated rings. The van der Waals surface area contributed by atoms with Gasteiger partial charge in [-0.3, -0.25) is 0 Å². The largest absolute Gasteiger partial charge is 0.320 e. The van der Waals surface area contributed by atoms with Crippen molar-refractivity contribution in [3.63, 3.8) is 0 Å². The van der Waals surface area contributed by atoms with E-state index in [0.717, 1.165) is 16.7 Å². The number of hydrogen-bond donors (Lipinski definition) is 1. The predicted molar refractivity (Wildman–Crippen MR) is 68.6 cm³/mol. The molecule has 0 aliphatic carbocycles. The number of halogens is 2. The van der Waals surface area contributed by atoms with E-state index in [-0.39, 0.29) is 11.9 Å². The van der Waals surface area contributed by atoms with Gasteiger partial charge in [0.25, 0.3) is 0 Å². The zero-order valence-corrected chi connectivity index (χ0v) is 10.2. The van der Waals surface area contributed by atoms with Gasteiger partial charge in [-0.25, -0.2) is 4.39 Å². The third kappa shape index (κ3) is 2.65. The Kier molecular flexibility index (Phi) is 3.46. The zero-order valence-electron chi connectivity index (χ0n) is 9.45. The van der Waals surface area contributed by atoms with Crippen LogP contribution < -0.4 is 5.73 Å². The van der Waals surface area contributed by atoms with Crippen molar-refractivity contribution < 1.29 is 4.39 Å². The Morgan fingerprint density at radius 2 is 1.76 bits per heavy atom. The van der Waals surface area contributed by atoms with Crippen LogP contribution in [-0.4, -0.2) is 0 Å². The van der Waals surface area contributed by atoms with Crippen LogP contribution in [0.15, 0.2) is 42.5 Å². The van der Waals surface area contributed by atoms with Gasteiger partial charge >= 0.3 is 0 Å². The van der Waals surface area contributed by atoms with E-state index < -0.39 is 0 Å². The number of rotatable bonds is 2. The Balaban J connectivity index is 2.36.